The number of halogens is 2. The first-order valence-corrected chi connectivity index (χ1v) is 9.80. The largest absolute Gasteiger partial charge is 0.493 e. The van der Waals surface area contributed by atoms with Gasteiger partial charge in [0.1, 0.15) is 29.8 Å². The summed E-state index contributed by atoms with van der Waals surface area (Å²) in [6.07, 6.45) is 1.40. The van der Waals surface area contributed by atoms with E-state index in [0.29, 0.717) is 32.9 Å². The number of hydrogen-bond acceptors (Lipinski definition) is 6. The van der Waals surface area contributed by atoms with E-state index in [1.54, 1.807) is 37.3 Å². The SMILES string of the molecule is COc1cc(C=C(C#N)C(=O)Nc2cc(C)on2)cc(Br)c1OCc1ccccc1F. The summed E-state index contributed by atoms with van der Waals surface area (Å²) in [7, 11) is 1.45. The summed E-state index contributed by atoms with van der Waals surface area (Å²) >= 11 is 3.40. The fraction of sp³-hybridized carbons (Fsp3) is 0.136. The Morgan fingerprint density at radius 3 is 2.77 bits per heavy atom. The van der Waals surface area contributed by atoms with E-state index in [4.69, 9.17) is 14.0 Å². The Bertz CT molecular complexity index is 1180. The minimum atomic E-state index is -0.634. The highest BCUT2D eigenvalue weighted by Gasteiger charge is 2.15. The molecule has 9 heteroatoms. The van der Waals surface area contributed by atoms with E-state index in [2.05, 4.69) is 26.4 Å². The maximum Gasteiger partial charge on any atom is 0.267 e. The number of amides is 1. The molecule has 0 bridgehead atoms. The van der Waals surface area contributed by atoms with Gasteiger partial charge in [0, 0.05) is 11.6 Å². The first-order valence-electron chi connectivity index (χ1n) is 9.01. The van der Waals surface area contributed by atoms with Crippen LogP contribution >= 0.6 is 15.9 Å². The van der Waals surface area contributed by atoms with Crippen molar-refractivity contribution in [3.05, 3.63) is 75.2 Å². The highest BCUT2D eigenvalue weighted by molar-refractivity contribution is 9.10. The lowest BCUT2D eigenvalue weighted by Crippen LogP contribution is -2.13. The van der Waals surface area contributed by atoms with Crippen LogP contribution in [0, 0.1) is 24.1 Å². The number of methoxy groups -OCH3 is 1. The highest BCUT2D eigenvalue weighted by Crippen LogP contribution is 2.38. The first kappa shape index (κ1) is 22.1. The average molecular weight is 486 g/mol. The number of ether oxygens (including phenoxy) is 2. The van der Waals surface area contributed by atoms with E-state index in [9.17, 15) is 14.4 Å². The molecule has 7 nitrogen and oxygen atoms in total. The van der Waals surface area contributed by atoms with Crippen molar-refractivity contribution >= 4 is 33.7 Å². The number of hydrogen-bond donors (Lipinski definition) is 1. The molecule has 0 radical (unpaired) electrons. The van der Waals surface area contributed by atoms with Gasteiger partial charge in [-0.15, -0.1) is 0 Å². The number of carbonyl (C=O) groups is 1. The monoisotopic (exact) mass is 485 g/mol. The van der Waals surface area contributed by atoms with Gasteiger partial charge in [-0.05, 0) is 52.7 Å². The maximum atomic E-state index is 13.8. The van der Waals surface area contributed by atoms with Gasteiger partial charge in [0.05, 0.1) is 11.6 Å². The molecule has 158 valence electrons. The maximum absolute atomic E-state index is 13.8. The van der Waals surface area contributed by atoms with Gasteiger partial charge < -0.3 is 19.3 Å². The third-order valence-electron chi connectivity index (χ3n) is 4.13. The van der Waals surface area contributed by atoms with Gasteiger partial charge in [-0.2, -0.15) is 5.26 Å². The Morgan fingerprint density at radius 2 is 2.13 bits per heavy atom. The number of rotatable bonds is 7. The van der Waals surface area contributed by atoms with Crippen LogP contribution in [0.2, 0.25) is 0 Å². The van der Waals surface area contributed by atoms with Crippen LogP contribution in [0.4, 0.5) is 10.2 Å². The van der Waals surface area contributed by atoms with Crippen LogP contribution in [0.1, 0.15) is 16.9 Å². The second-order valence-corrected chi connectivity index (χ2v) is 7.22. The zero-order valence-electron chi connectivity index (χ0n) is 16.6. The number of nitriles is 1. The standard InChI is InChI=1S/C22H17BrFN3O4/c1-13-7-20(27-31-13)26-22(28)16(11-25)8-14-9-17(23)21(19(10-14)29-2)30-12-15-5-3-4-6-18(15)24/h3-10H,12H2,1-2H3,(H,26,27,28). The molecule has 0 spiro atoms. The lowest BCUT2D eigenvalue weighted by Gasteiger charge is -2.14. The molecule has 0 saturated heterocycles. The fourth-order valence-corrected chi connectivity index (χ4v) is 3.23. The molecule has 1 heterocycles. The molecule has 1 N–H and O–H groups in total. The van der Waals surface area contributed by atoms with Gasteiger partial charge in [-0.1, -0.05) is 23.4 Å². The smallest absolute Gasteiger partial charge is 0.267 e. The van der Waals surface area contributed by atoms with Crippen LogP contribution in [0.25, 0.3) is 6.08 Å². The molecule has 1 aromatic heterocycles. The highest BCUT2D eigenvalue weighted by atomic mass is 79.9. The fourth-order valence-electron chi connectivity index (χ4n) is 2.65. The normalized spacial score (nSPS) is 11.0. The third kappa shape index (κ3) is 5.49. The quantitative estimate of drug-likeness (QED) is 0.372. The van der Waals surface area contributed by atoms with Crippen molar-refractivity contribution in [1.29, 1.82) is 5.26 Å². The van der Waals surface area contributed by atoms with Crippen molar-refractivity contribution in [1.82, 2.24) is 5.16 Å². The van der Waals surface area contributed by atoms with Crippen molar-refractivity contribution in [3.63, 3.8) is 0 Å². The zero-order valence-corrected chi connectivity index (χ0v) is 18.2. The molecule has 0 saturated carbocycles. The third-order valence-corrected chi connectivity index (χ3v) is 4.72. The van der Waals surface area contributed by atoms with Gasteiger partial charge in [-0.3, -0.25) is 4.79 Å². The van der Waals surface area contributed by atoms with E-state index >= 15 is 0 Å². The van der Waals surface area contributed by atoms with Crippen LogP contribution in [-0.4, -0.2) is 18.2 Å². The predicted octanol–water partition coefficient (Wildman–Crippen LogP) is 5.02. The molecule has 0 aliphatic rings. The molecule has 0 aliphatic heterocycles. The van der Waals surface area contributed by atoms with Gasteiger partial charge in [0.15, 0.2) is 17.3 Å². The second-order valence-electron chi connectivity index (χ2n) is 6.36. The van der Waals surface area contributed by atoms with Crippen LogP contribution < -0.4 is 14.8 Å². The molecular formula is C22H17BrFN3O4. The number of carbonyl (C=O) groups excluding carboxylic acids is 1. The minimum absolute atomic E-state index is 0.000210. The molecule has 0 fully saturated rings. The summed E-state index contributed by atoms with van der Waals surface area (Å²) in [6.45, 7) is 1.68. The summed E-state index contributed by atoms with van der Waals surface area (Å²) in [6, 6.07) is 13.0. The van der Waals surface area contributed by atoms with Crippen molar-refractivity contribution < 1.29 is 23.2 Å². The van der Waals surface area contributed by atoms with Crippen molar-refractivity contribution in [2.24, 2.45) is 0 Å². The molecule has 2 aromatic carbocycles. The van der Waals surface area contributed by atoms with Gasteiger partial charge in [-0.25, -0.2) is 4.39 Å². The Morgan fingerprint density at radius 1 is 1.35 bits per heavy atom. The topological polar surface area (TPSA) is 97.4 Å². The number of aryl methyl sites for hydroxylation is 1. The second kappa shape index (κ2) is 9.91. The molecule has 0 unspecified atom stereocenters. The minimum Gasteiger partial charge on any atom is -0.493 e. The molecule has 0 aliphatic carbocycles. The van der Waals surface area contributed by atoms with Crippen LogP contribution in [0.3, 0.4) is 0 Å². The lowest BCUT2D eigenvalue weighted by molar-refractivity contribution is -0.112. The molecular weight excluding hydrogens is 469 g/mol. The first-order chi connectivity index (χ1) is 14.9. The number of nitrogens with one attached hydrogen (secondary N) is 1. The zero-order chi connectivity index (χ0) is 22.4. The van der Waals surface area contributed by atoms with Gasteiger partial charge >= 0.3 is 0 Å². The van der Waals surface area contributed by atoms with E-state index in [1.165, 1.54) is 25.3 Å². The Kier molecular flexibility index (Phi) is 7.05. The summed E-state index contributed by atoms with van der Waals surface area (Å²) in [4.78, 5) is 12.4. The van der Waals surface area contributed by atoms with Crippen molar-refractivity contribution in [2.75, 3.05) is 12.4 Å². The predicted molar refractivity (Wildman–Crippen MR) is 115 cm³/mol. The van der Waals surface area contributed by atoms with E-state index in [-0.39, 0.29) is 23.8 Å². The number of anilines is 1. The number of benzene rings is 2. The molecule has 3 rings (SSSR count). The Labute approximate surface area is 186 Å². The Hall–Kier alpha value is -3.64. The van der Waals surface area contributed by atoms with Crippen molar-refractivity contribution in [2.45, 2.75) is 13.5 Å². The summed E-state index contributed by atoms with van der Waals surface area (Å²) in [5.41, 5.74) is 0.770. The summed E-state index contributed by atoms with van der Waals surface area (Å²) < 4.78 is 30.4. The molecule has 1 amide bonds. The van der Waals surface area contributed by atoms with E-state index in [0.717, 1.165) is 0 Å². The Balaban J connectivity index is 1.82. The summed E-state index contributed by atoms with van der Waals surface area (Å²) in [5, 5.41) is 15.6. The van der Waals surface area contributed by atoms with Crippen LogP contribution in [0.5, 0.6) is 11.5 Å². The molecule has 0 atom stereocenters. The van der Waals surface area contributed by atoms with Crippen molar-refractivity contribution in [3.8, 4) is 17.6 Å². The number of nitrogens with zero attached hydrogens (tertiary/aromatic N) is 2. The van der Waals surface area contributed by atoms with Crippen LogP contribution in [-0.2, 0) is 11.4 Å². The molecule has 3 aromatic rings. The molecule has 31 heavy (non-hydrogen) atoms. The number of aromatic nitrogens is 1. The lowest BCUT2D eigenvalue weighted by atomic mass is 10.1. The summed E-state index contributed by atoms with van der Waals surface area (Å²) in [5.74, 6) is 0.442. The van der Waals surface area contributed by atoms with E-state index in [1.807, 2.05) is 6.07 Å². The van der Waals surface area contributed by atoms with Gasteiger partial charge in [0.2, 0.25) is 0 Å². The van der Waals surface area contributed by atoms with Gasteiger partial charge in [0.25, 0.3) is 5.91 Å². The average Bonchev–Trinajstić information content (AvgIpc) is 3.16. The van der Waals surface area contributed by atoms with E-state index < -0.39 is 5.91 Å². The van der Waals surface area contributed by atoms with Crippen LogP contribution in [0.15, 0.2) is 57.0 Å².